The average molecular weight is 301 g/mol. The molecule has 0 saturated carbocycles. The van der Waals surface area contributed by atoms with Crippen LogP contribution in [0.1, 0.15) is 0 Å². The van der Waals surface area contributed by atoms with Crippen LogP contribution in [0.15, 0.2) is 24.3 Å². The number of likely N-dealkylation sites (N-methyl/N-ethyl adjacent to an activating group) is 2. The molecule has 0 spiro atoms. The Morgan fingerprint density at radius 3 is 2.29 bits per heavy atom. The zero-order valence-electron chi connectivity index (χ0n) is 11.7. The summed E-state index contributed by atoms with van der Waals surface area (Å²) >= 11 is 0. The highest BCUT2D eigenvalue weighted by atomic mass is 19.3. The van der Waals surface area contributed by atoms with Crippen LogP contribution in [0.4, 0.5) is 14.5 Å². The zero-order valence-corrected chi connectivity index (χ0v) is 11.7. The van der Waals surface area contributed by atoms with Crippen molar-refractivity contribution in [1.29, 1.82) is 0 Å². The first-order valence-electron chi connectivity index (χ1n) is 6.14. The minimum absolute atomic E-state index is 0.0136. The van der Waals surface area contributed by atoms with E-state index in [-0.39, 0.29) is 30.7 Å². The molecule has 2 N–H and O–H groups in total. The molecule has 21 heavy (non-hydrogen) atoms. The summed E-state index contributed by atoms with van der Waals surface area (Å²) in [5.74, 6) is -0.498. The Labute approximate surface area is 121 Å². The van der Waals surface area contributed by atoms with Gasteiger partial charge in [0.15, 0.2) is 0 Å². The van der Waals surface area contributed by atoms with E-state index >= 15 is 0 Å². The van der Waals surface area contributed by atoms with Crippen LogP contribution in [0.25, 0.3) is 0 Å². The second-order valence-corrected chi connectivity index (χ2v) is 4.30. The number of hydrogen-bond donors (Lipinski definition) is 2. The number of carbonyl (C=O) groups excluding carboxylic acids is 2. The number of benzene rings is 1. The van der Waals surface area contributed by atoms with E-state index in [2.05, 4.69) is 15.4 Å². The molecule has 0 saturated heterocycles. The van der Waals surface area contributed by atoms with E-state index in [0.717, 1.165) is 0 Å². The van der Waals surface area contributed by atoms with Crippen molar-refractivity contribution in [3.63, 3.8) is 0 Å². The van der Waals surface area contributed by atoms with Gasteiger partial charge in [-0.05, 0) is 31.3 Å². The summed E-state index contributed by atoms with van der Waals surface area (Å²) in [6.45, 7) is -2.75. The molecule has 1 aromatic rings. The normalized spacial score (nSPS) is 10.6. The Bertz CT molecular complexity index is 480. The first-order chi connectivity index (χ1) is 9.90. The largest absolute Gasteiger partial charge is 0.435 e. The minimum atomic E-state index is -2.89. The fourth-order valence-electron chi connectivity index (χ4n) is 1.55. The lowest BCUT2D eigenvalue weighted by Gasteiger charge is -2.15. The molecule has 1 rings (SSSR count). The van der Waals surface area contributed by atoms with E-state index < -0.39 is 6.61 Å². The molecule has 0 aliphatic rings. The third-order valence-electron chi connectivity index (χ3n) is 2.47. The van der Waals surface area contributed by atoms with Crippen molar-refractivity contribution in [3.8, 4) is 5.75 Å². The fourth-order valence-corrected chi connectivity index (χ4v) is 1.55. The second kappa shape index (κ2) is 8.15. The number of nitrogens with zero attached hydrogens (tertiary/aromatic N) is 1. The van der Waals surface area contributed by atoms with Gasteiger partial charge in [-0.15, -0.1) is 0 Å². The van der Waals surface area contributed by atoms with Crippen LogP contribution < -0.4 is 15.4 Å². The number of anilines is 1. The molecule has 2 amide bonds. The van der Waals surface area contributed by atoms with Crippen molar-refractivity contribution >= 4 is 17.5 Å². The summed E-state index contributed by atoms with van der Waals surface area (Å²) in [5, 5.41) is 5.04. The van der Waals surface area contributed by atoms with E-state index in [4.69, 9.17) is 0 Å². The van der Waals surface area contributed by atoms with Crippen molar-refractivity contribution < 1.29 is 23.1 Å². The summed E-state index contributed by atoms with van der Waals surface area (Å²) in [4.78, 5) is 24.4. The lowest BCUT2D eigenvalue weighted by molar-refractivity contribution is -0.122. The highest BCUT2D eigenvalue weighted by Crippen LogP contribution is 2.17. The van der Waals surface area contributed by atoms with E-state index in [1.165, 1.54) is 31.3 Å². The maximum absolute atomic E-state index is 12.0. The molecule has 0 radical (unpaired) electrons. The van der Waals surface area contributed by atoms with Crippen molar-refractivity contribution in [1.82, 2.24) is 10.2 Å². The number of hydrogen-bond acceptors (Lipinski definition) is 4. The predicted octanol–water partition coefficient (Wildman–Crippen LogP) is 0.904. The van der Waals surface area contributed by atoms with E-state index in [0.29, 0.717) is 5.69 Å². The third-order valence-corrected chi connectivity index (χ3v) is 2.47. The highest BCUT2D eigenvalue weighted by Gasteiger charge is 2.10. The van der Waals surface area contributed by atoms with Crippen LogP contribution in [0.3, 0.4) is 0 Å². The number of alkyl halides is 2. The molecule has 0 heterocycles. The van der Waals surface area contributed by atoms with Crippen LogP contribution in [0, 0.1) is 0 Å². The molecule has 6 nitrogen and oxygen atoms in total. The molecular weight excluding hydrogens is 284 g/mol. The lowest BCUT2D eigenvalue weighted by Crippen LogP contribution is -2.37. The van der Waals surface area contributed by atoms with Gasteiger partial charge in [-0.25, -0.2) is 0 Å². The molecular formula is C13H17F2N3O3. The summed E-state index contributed by atoms with van der Waals surface area (Å²) in [7, 11) is 3.15. The molecule has 0 aliphatic heterocycles. The van der Waals surface area contributed by atoms with Gasteiger partial charge < -0.3 is 15.4 Å². The van der Waals surface area contributed by atoms with E-state index in [9.17, 15) is 18.4 Å². The smallest absolute Gasteiger partial charge is 0.387 e. The Morgan fingerprint density at radius 1 is 1.19 bits per heavy atom. The Hall–Kier alpha value is -2.22. The van der Waals surface area contributed by atoms with Crippen molar-refractivity contribution in [2.75, 3.05) is 32.5 Å². The standard InChI is InChI=1S/C13H17F2N3O3/c1-16-11(19)7-18(2)8-12(20)17-9-3-5-10(6-4-9)21-13(14)15/h3-6,13H,7-8H2,1-2H3,(H,16,19)(H,17,20). The fraction of sp³-hybridized carbons (Fsp3) is 0.385. The molecule has 0 bridgehead atoms. The molecule has 0 fully saturated rings. The summed E-state index contributed by atoms with van der Waals surface area (Å²) in [6, 6.07) is 5.56. The van der Waals surface area contributed by atoms with Gasteiger partial charge >= 0.3 is 6.61 Å². The number of carbonyl (C=O) groups is 2. The molecule has 0 atom stereocenters. The van der Waals surface area contributed by atoms with Gasteiger partial charge in [0.1, 0.15) is 5.75 Å². The van der Waals surface area contributed by atoms with Gasteiger partial charge in [0.2, 0.25) is 11.8 Å². The summed E-state index contributed by atoms with van der Waals surface area (Å²) < 4.78 is 28.2. The number of nitrogens with one attached hydrogen (secondary N) is 2. The predicted molar refractivity (Wildman–Crippen MR) is 73.3 cm³/mol. The molecule has 0 aromatic heterocycles. The van der Waals surface area contributed by atoms with E-state index in [1.807, 2.05) is 0 Å². The maximum Gasteiger partial charge on any atom is 0.387 e. The van der Waals surface area contributed by atoms with Crippen LogP contribution in [0.2, 0.25) is 0 Å². The Kier molecular flexibility index (Phi) is 6.54. The van der Waals surface area contributed by atoms with Crippen molar-refractivity contribution in [3.05, 3.63) is 24.3 Å². The summed E-state index contributed by atoms with van der Waals surface area (Å²) in [5.41, 5.74) is 0.454. The monoisotopic (exact) mass is 301 g/mol. The third kappa shape index (κ3) is 6.66. The zero-order chi connectivity index (χ0) is 15.8. The van der Waals surface area contributed by atoms with Crippen molar-refractivity contribution in [2.24, 2.45) is 0 Å². The van der Waals surface area contributed by atoms with Gasteiger partial charge in [-0.3, -0.25) is 14.5 Å². The van der Waals surface area contributed by atoms with Gasteiger partial charge in [0, 0.05) is 12.7 Å². The lowest BCUT2D eigenvalue weighted by atomic mass is 10.3. The van der Waals surface area contributed by atoms with Crippen LogP contribution in [0.5, 0.6) is 5.75 Å². The molecule has 0 unspecified atom stereocenters. The number of rotatable bonds is 7. The first-order valence-corrected chi connectivity index (χ1v) is 6.14. The molecule has 1 aromatic carbocycles. The van der Waals surface area contributed by atoms with Crippen LogP contribution in [-0.4, -0.2) is 50.5 Å². The molecule has 8 heteroatoms. The summed E-state index contributed by atoms with van der Waals surface area (Å²) in [6.07, 6.45) is 0. The van der Waals surface area contributed by atoms with Gasteiger partial charge in [0.05, 0.1) is 13.1 Å². The van der Waals surface area contributed by atoms with Crippen LogP contribution in [-0.2, 0) is 9.59 Å². The van der Waals surface area contributed by atoms with E-state index in [1.54, 1.807) is 11.9 Å². The molecule has 116 valence electrons. The quantitative estimate of drug-likeness (QED) is 0.785. The minimum Gasteiger partial charge on any atom is -0.435 e. The van der Waals surface area contributed by atoms with Gasteiger partial charge in [0.25, 0.3) is 0 Å². The second-order valence-electron chi connectivity index (χ2n) is 4.30. The van der Waals surface area contributed by atoms with Crippen LogP contribution >= 0.6 is 0 Å². The topological polar surface area (TPSA) is 70.7 Å². The van der Waals surface area contributed by atoms with Gasteiger partial charge in [-0.1, -0.05) is 0 Å². The molecule has 0 aliphatic carbocycles. The SMILES string of the molecule is CNC(=O)CN(C)CC(=O)Nc1ccc(OC(F)F)cc1. The number of ether oxygens (including phenoxy) is 1. The van der Waals surface area contributed by atoms with Crippen molar-refractivity contribution in [2.45, 2.75) is 6.61 Å². The average Bonchev–Trinajstić information content (AvgIpc) is 2.39. The Balaban J connectivity index is 2.45. The Morgan fingerprint density at radius 2 is 1.76 bits per heavy atom. The number of amides is 2. The van der Waals surface area contributed by atoms with Gasteiger partial charge in [-0.2, -0.15) is 8.78 Å². The highest BCUT2D eigenvalue weighted by molar-refractivity contribution is 5.92. The first kappa shape index (κ1) is 16.8. The maximum atomic E-state index is 12.0. The number of halogens is 2.